The molecule has 4 aromatic rings. The third-order valence-corrected chi connectivity index (χ3v) is 11.7. The summed E-state index contributed by atoms with van der Waals surface area (Å²) in [5, 5.41) is 4.87. The van der Waals surface area contributed by atoms with Crippen molar-refractivity contribution >= 4 is 53.8 Å². The van der Waals surface area contributed by atoms with Crippen LogP contribution in [0, 0.1) is 23.5 Å². The number of benzene rings is 2. The van der Waals surface area contributed by atoms with Crippen LogP contribution in [0.15, 0.2) is 47.4 Å². The maximum atomic E-state index is 14.2. The standard InChI is InChI=1S/C28H27F2N3O3S3/c1-16-6-8-19-23(14-16)38-28(25(19)27-31-21-4-2-3-5-22(21)37-27)32-26(34)17-10-12-33(13-11-17)39(35,36)24-15-18(29)7-9-20(24)30/h2-5,7,9,15-17H,6,8,10-14H2,1H3,(H,32,34). The van der Waals surface area contributed by atoms with E-state index >= 15 is 0 Å². The van der Waals surface area contributed by atoms with Crippen molar-refractivity contribution in [2.24, 2.45) is 11.8 Å². The van der Waals surface area contributed by atoms with Crippen LogP contribution in [-0.2, 0) is 27.7 Å². The third kappa shape index (κ3) is 5.01. The van der Waals surface area contributed by atoms with Crippen molar-refractivity contribution in [1.82, 2.24) is 9.29 Å². The van der Waals surface area contributed by atoms with E-state index in [0.29, 0.717) is 24.8 Å². The molecule has 3 heterocycles. The molecular weight excluding hydrogens is 561 g/mol. The number of anilines is 1. The first-order valence-electron chi connectivity index (χ1n) is 13.0. The van der Waals surface area contributed by atoms with Gasteiger partial charge in [0.15, 0.2) is 0 Å². The van der Waals surface area contributed by atoms with Crippen molar-refractivity contribution in [1.29, 1.82) is 0 Å². The van der Waals surface area contributed by atoms with Crippen molar-refractivity contribution in [3.8, 4) is 10.6 Å². The van der Waals surface area contributed by atoms with Gasteiger partial charge in [0.1, 0.15) is 26.5 Å². The lowest BCUT2D eigenvalue weighted by Gasteiger charge is -2.30. The van der Waals surface area contributed by atoms with Crippen molar-refractivity contribution in [2.75, 3.05) is 18.4 Å². The number of fused-ring (bicyclic) bond motifs is 2. The number of thiazole rings is 1. The highest BCUT2D eigenvalue weighted by Gasteiger charge is 2.35. The van der Waals surface area contributed by atoms with Gasteiger partial charge in [0.2, 0.25) is 15.9 Å². The second kappa shape index (κ2) is 10.3. The molecule has 1 unspecified atom stereocenters. The molecule has 6 rings (SSSR count). The van der Waals surface area contributed by atoms with E-state index in [-0.39, 0.29) is 19.0 Å². The molecule has 1 amide bonds. The molecule has 11 heteroatoms. The van der Waals surface area contributed by atoms with Crippen molar-refractivity contribution < 1.29 is 22.0 Å². The Morgan fingerprint density at radius 3 is 2.62 bits per heavy atom. The molecule has 2 aromatic heterocycles. The summed E-state index contributed by atoms with van der Waals surface area (Å²) in [7, 11) is -4.20. The van der Waals surface area contributed by atoms with Crippen LogP contribution < -0.4 is 5.32 Å². The van der Waals surface area contributed by atoms with Crippen LogP contribution in [0.25, 0.3) is 20.8 Å². The Labute approximate surface area is 233 Å². The molecule has 0 bridgehead atoms. The van der Waals surface area contributed by atoms with Gasteiger partial charge in [-0.1, -0.05) is 19.1 Å². The number of sulfonamides is 1. The number of thiophene rings is 1. The first-order valence-corrected chi connectivity index (χ1v) is 16.0. The smallest absolute Gasteiger partial charge is 0.246 e. The van der Waals surface area contributed by atoms with Crippen molar-refractivity contribution in [2.45, 2.75) is 43.9 Å². The second-order valence-corrected chi connectivity index (χ2v) is 14.3. The fourth-order valence-corrected chi connectivity index (χ4v) is 9.50. The predicted molar refractivity (Wildman–Crippen MR) is 151 cm³/mol. The zero-order valence-corrected chi connectivity index (χ0v) is 23.7. The molecule has 1 saturated heterocycles. The number of hydrogen-bond donors (Lipinski definition) is 1. The number of carbonyl (C=O) groups is 1. The van der Waals surface area contributed by atoms with Gasteiger partial charge in [-0.25, -0.2) is 22.2 Å². The van der Waals surface area contributed by atoms with Gasteiger partial charge >= 0.3 is 0 Å². The minimum absolute atomic E-state index is 0.0551. The van der Waals surface area contributed by atoms with E-state index in [4.69, 9.17) is 4.98 Å². The first kappa shape index (κ1) is 26.5. The normalized spacial score (nSPS) is 18.8. The lowest BCUT2D eigenvalue weighted by molar-refractivity contribution is -0.120. The topological polar surface area (TPSA) is 79.4 Å². The Bertz CT molecular complexity index is 1640. The summed E-state index contributed by atoms with van der Waals surface area (Å²) in [5.74, 6) is -1.78. The molecule has 6 nitrogen and oxygen atoms in total. The zero-order valence-electron chi connectivity index (χ0n) is 21.2. The number of nitrogens with one attached hydrogen (secondary N) is 1. The lowest BCUT2D eigenvalue weighted by Crippen LogP contribution is -2.41. The Balaban J connectivity index is 1.22. The quantitative estimate of drug-likeness (QED) is 0.290. The van der Waals surface area contributed by atoms with E-state index < -0.39 is 32.5 Å². The number of nitrogens with zero attached hydrogens (tertiary/aromatic N) is 2. The van der Waals surface area contributed by atoms with Gasteiger partial charge in [0.25, 0.3) is 0 Å². The van der Waals surface area contributed by atoms with Gasteiger partial charge < -0.3 is 5.32 Å². The summed E-state index contributed by atoms with van der Waals surface area (Å²) in [5.41, 5.74) is 3.21. The summed E-state index contributed by atoms with van der Waals surface area (Å²) in [6.45, 7) is 2.36. The molecule has 1 N–H and O–H groups in total. The molecule has 2 aromatic carbocycles. The minimum Gasteiger partial charge on any atom is -0.317 e. The fraction of sp³-hybridized carbons (Fsp3) is 0.357. The second-order valence-electron chi connectivity index (χ2n) is 10.3. The van der Waals surface area contributed by atoms with Crippen LogP contribution in [0.2, 0.25) is 0 Å². The van der Waals surface area contributed by atoms with Gasteiger partial charge in [0, 0.05) is 29.4 Å². The summed E-state index contributed by atoms with van der Waals surface area (Å²) in [6.07, 6.45) is 3.59. The molecule has 2 aliphatic rings. The fourth-order valence-electron chi connectivity index (χ4n) is 5.43. The molecule has 0 radical (unpaired) electrons. The number of amides is 1. The average Bonchev–Trinajstić information content (AvgIpc) is 3.50. The summed E-state index contributed by atoms with van der Waals surface area (Å²) < 4.78 is 56.0. The van der Waals surface area contributed by atoms with Crippen molar-refractivity contribution in [3.05, 3.63) is 64.5 Å². The molecule has 1 fully saturated rings. The number of rotatable bonds is 5. The molecule has 0 spiro atoms. The Morgan fingerprint density at radius 2 is 1.85 bits per heavy atom. The van der Waals surface area contributed by atoms with E-state index in [1.165, 1.54) is 10.4 Å². The third-order valence-electron chi connectivity index (χ3n) is 7.59. The maximum Gasteiger partial charge on any atom is 0.246 e. The highest BCUT2D eigenvalue weighted by atomic mass is 32.2. The SMILES string of the molecule is CC1CCc2c(sc(NC(=O)C3CCN(S(=O)(=O)c4cc(F)ccc4F)CC3)c2-c2nc3ccccc3s2)C1. The molecule has 1 aliphatic heterocycles. The summed E-state index contributed by atoms with van der Waals surface area (Å²) in [4.78, 5) is 18.9. The van der Waals surface area contributed by atoms with E-state index in [1.54, 1.807) is 22.7 Å². The molecule has 1 atom stereocenters. The predicted octanol–water partition coefficient (Wildman–Crippen LogP) is 6.47. The largest absolute Gasteiger partial charge is 0.317 e. The Morgan fingerprint density at radius 1 is 1.08 bits per heavy atom. The van der Waals surface area contributed by atoms with Gasteiger partial charge in [0.05, 0.1) is 10.2 Å². The summed E-state index contributed by atoms with van der Waals surface area (Å²) >= 11 is 3.24. The van der Waals surface area contributed by atoms with E-state index in [2.05, 4.69) is 12.2 Å². The monoisotopic (exact) mass is 587 g/mol. The molecule has 204 valence electrons. The van der Waals surface area contributed by atoms with E-state index in [0.717, 1.165) is 61.5 Å². The number of para-hydroxylation sites is 1. The Kier molecular flexibility index (Phi) is 7.03. The van der Waals surface area contributed by atoms with Crippen molar-refractivity contribution in [3.63, 3.8) is 0 Å². The van der Waals surface area contributed by atoms with Crippen LogP contribution >= 0.6 is 22.7 Å². The molecular formula is C28H27F2N3O3S3. The Hall–Kier alpha value is -2.73. The van der Waals surface area contributed by atoms with E-state index in [9.17, 15) is 22.0 Å². The van der Waals surface area contributed by atoms with Gasteiger partial charge in [-0.2, -0.15) is 4.31 Å². The maximum absolute atomic E-state index is 14.2. The van der Waals surface area contributed by atoms with Crippen LogP contribution in [0.5, 0.6) is 0 Å². The van der Waals surface area contributed by atoms with Gasteiger partial charge in [-0.15, -0.1) is 22.7 Å². The number of hydrogen-bond acceptors (Lipinski definition) is 6. The number of aromatic nitrogens is 1. The first-order chi connectivity index (χ1) is 18.7. The van der Waals surface area contributed by atoms with Crippen LogP contribution in [0.4, 0.5) is 13.8 Å². The number of piperidine rings is 1. The number of halogens is 2. The van der Waals surface area contributed by atoms with E-state index in [1.807, 2.05) is 24.3 Å². The van der Waals surface area contributed by atoms with Crippen LogP contribution in [-0.4, -0.2) is 36.7 Å². The zero-order chi connectivity index (χ0) is 27.3. The highest BCUT2D eigenvalue weighted by Crippen LogP contribution is 2.47. The van der Waals surface area contributed by atoms with Gasteiger partial charge in [-0.05, 0) is 73.9 Å². The molecule has 0 saturated carbocycles. The van der Waals surface area contributed by atoms with Crippen LogP contribution in [0.1, 0.15) is 36.6 Å². The molecule has 1 aliphatic carbocycles. The van der Waals surface area contributed by atoms with Crippen LogP contribution in [0.3, 0.4) is 0 Å². The highest BCUT2D eigenvalue weighted by molar-refractivity contribution is 7.89. The lowest BCUT2D eigenvalue weighted by atomic mass is 9.88. The average molecular weight is 588 g/mol. The number of carbonyl (C=O) groups excluding carboxylic acids is 1. The molecule has 39 heavy (non-hydrogen) atoms. The summed E-state index contributed by atoms with van der Waals surface area (Å²) in [6, 6.07) is 10.4. The minimum atomic E-state index is -4.20. The van der Waals surface area contributed by atoms with Gasteiger partial charge in [-0.3, -0.25) is 4.79 Å².